The molecule has 1 saturated heterocycles. The first-order valence-electron chi connectivity index (χ1n) is 7.53. The summed E-state index contributed by atoms with van der Waals surface area (Å²) in [5.74, 6) is 0. The van der Waals surface area contributed by atoms with Gasteiger partial charge in [-0.25, -0.2) is 4.79 Å². The number of anilines is 1. The van der Waals surface area contributed by atoms with Crippen LogP contribution in [-0.4, -0.2) is 24.0 Å². The van der Waals surface area contributed by atoms with Crippen LogP contribution in [0.5, 0.6) is 0 Å². The second-order valence-electron chi connectivity index (χ2n) is 5.35. The Bertz CT molecular complexity index is 587. The third-order valence-corrected chi connectivity index (χ3v) is 4.75. The summed E-state index contributed by atoms with van der Waals surface area (Å²) < 4.78 is 0. The minimum atomic E-state index is 0.0286. The van der Waals surface area contributed by atoms with E-state index < -0.39 is 0 Å². The summed E-state index contributed by atoms with van der Waals surface area (Å²) in [5.41, 5.74) is 1.99. The van der Waals surface area contributed by atoms with Crippen LogP contribution in [0, 0.1) is 0 Å². The molecule has 0 aliphatic carbocycles. The third-order valence-electron chi connectivity index (χ3n) is 3.85. The number of hydrogen-bond acceptors (Lipinski definition) is 2. The molecule has 2 aromatic rings. The average molecular weight is 300 g/mol. The van der Waals surface area contributed by atoms with E-state index in [1.54, 1.807) is 11.3 Å². The number of para-hydroxylation sites is 1. The van der Waals surface area contributed by atoms with E-state index in [2.05, 4.69) is 22.8 Å². The second-order valence-corrected chi connectivity index (χ2v) is 6.30. The van der Waals surface area contributed by atoms with Crippen molar-refractivity contribution in [2.24, 2.45) is 0 Å². The van der Waals surface area contributed by atoms with Gasteiger partial charge in [0.25, 0.3) is 0 Å². The van der Waals surface area contributed by atoms with Gasteiger partial charge >= 0.3 is 6.03 Å². The van der Waals surface area contributed by atoms with Crippen molar-refractivity contribution in [2.45, 2.75) is 25.7 Å². The lowest BCUT2D eigenvalue weighted by atomic mass is 10.1. The number of rotatable bonds is 2. The van der Waals surface area contributed by atoms with Crippen LogP contribution in [0.25, 0.3) is 10.4 Å². The van der Waals surface area contributed by atoms with Crippen molar-refractivity contribution in [1.29, 1.82) is 0 Å². The smallest absolute Gasteiger partial charge is 0.321 e. The van der Waals surface area contributed by atoms with E-state index in [0.29, 0.717) is 0 Å². The molecule has 110 valence electrons. The number of nitrogens with one attached hydrogen (secondary N) is 1. The monoisotopic (exact) mass is 300 g/mol. The van der Waals surface area contributed by atoms with Crippen LogP contribution in [0.15, 0.2) is 41.8 Å². The number of amides is 2. The molecule has 3 rings (SSSR count). The van der Waals surface area contributed by atoms with Crippen molar-refractivity contribution in [2.75, 3.05) is 18.4 Å². The second kappa shape index (κ2) is 6.76. The van der Waals surface area contributed by atoms with Gasteiger partial charge in [-0.3, -0.25) is 0 Å². The molecule has 21 heavy (non-hydrogen) atoms. The van der Waals surface area contributed by atoms with E-state index in [-0.39, 0.29) is 6.03 Å². The van der Waals surface area contributed by atoms with Gasteiger partial charge in [-0.1, -0.05) is 37.1 Å². The van der Waals surface area contributed by atoms with Crippen molar-refractivity contribution in [1.82, 2.24) is 4.90 Å². The summed E-state index contributed by atoms with van der Waals surface area (Å²) in [6.07, 6.45) is 4.69. The van der Waals surface area contributed by atoms with E-state index in [9.17, 15) is 4.79 Å². The number of carbonyl (C=O) groups excluding carboxylic acids is 1. The highest BCUT2D eigenvalue weighted by Gasteiger charge is 2.16. The largest absolute Gasteiger partial charge is 0.325 e. The van der Waals surface area contributed by atoms with Crippen molar-refractivity contribution in [3.8, 4) is 10.4 Å². The average Bonchev–Trinajstić information content (AvgIpc) is 2.89. The Hall–Kier alpha value is -1.81. The van der Waals surface area contributed by atoms with Crippen molar-refractivity contribution < 1.29 is 4.79 Å². The van der Waals surface area contributed by atoms with Crippen molar-refractivity contribution >= 4 is 23.1 Å². The Kier molecular flexibility index (Phi) is 4.55. The molecule has 1 aliphatic heterocycles. The molecular formula is C17H20N2OS. The molecule has 0 bridgehead atoms. The zero-order valence-corrected chi connectivity index (χ0v) is 12.9. The maximum Gasteiger partial charge on any atom is 0.321 e. The Morgan fingerprint density at radius 2 is 1.76 bits per heavy atom. The van der Waals surface area contributed by atoms with Gasteiger partial charge in [0.2, 0.25) is 0 Å². The molecule has 3 nitrogen and oxygen atoms in total. The van der Waals surface area contributed by atoms with Gasteiger partial charge in [0.1, 0.15) is 0 Å². The lowest BCUT2D eigenvalue weighted by Gasteiger charge is -2.21. The van der Waals surface area contributed by atoms with E-state index in [1.165, 1.54) is 17.7 Å². The molecule has 1 aromatic heterocycles. The number of benzene rings is 1. The summed E-state index contributed by atoms with van der Waals surface area (Å²) in [6, 6.07) is 12.2. The van der Waals surface area contributed by atoms with Gasteiger partial charge in [-0.15, -0.1) is 11.3 Å². The number of nitrogens with zero attached hydrogens (tertiary/aromatic N) is 1. The predicted molar refractivity (Wildman–Crippen MR) is 88.8 cm³/mol. The Morgan fingerprint density at radius 3 is 2.48 bits per heavy atom. The van der Waals surface area contributed by atoms with E-state index >= 15 is 0 Å². The number of carbonyl (C=O) groups is 1. The van der Waals surface area contributed by atoms with Gasteiger partial charge in [0.15, 0.2) is 0 Å². The molecule has 4 heteroatoms. The lowest BCUT2D eigenvalue weighted by Crippen LogP contribution is -2.35. The van der Waals surface area contributed by atoms with Crippen LogP contribution < -0.4 is 5.32 Å². The first kappa shape index (κ1) is 14.1. The minimum Gasteiger partial charge on any atom is -0.325 e. The fourth-order valence-corrected chi connectivity index (χ4v) is 3.47. The number of hydrogen-bond donors (Lipinski definition) is 1. The summed E-state index contributed by atoms with van der Waals surface area (Å²) in [6.45, 7) is 1.74. The van der Waals surface area contributed by atoms with Crippen LogP contribution in [0.4, 0.5) is 10.5 Å². The Balaban J connectivity index is 1.77. The summed E-state index contributed by atoms with van der Waals surface area (Å²) in [5, 5.41) is 5.15. The molecule has 1 aliphatic rings. The van der Waals surface area contributed by atoms with Crippen LogP contribution in [0.1, 0.15) is 25.7 Å². The number of likely N-dealkylation sites (tertiary alicyclic amines) is 1. The Labute approximate surface area is 129 Å². The van der Waals surface area contributed by atoms with Gasteiger partial charge < -0.3 is 10.2 Å². The first-order chi connectivity index (χ1) is 10.3. The highest BCUT2D eigenvalue weighted by molar-refractivity contribution is 7.13. The standard InChI is InChI=1S/C17H20N2OS/c20-17(19-11-5-1-2-6-12-19)18-15-9-4-3-8-14(15)16-10-7-13-21-16/h3-4,7-10,13H,1-2,5-6,11-12H2,(H,18,20). The molecule has 1 aromatic carbocycles. The van der Waals surface area contributed by atoms with Crippen LogP contribution >= 0.6 is 11.3 Å². The quantitative estimate of drug-likeness (QED) is 0.847. The number of thiophene rings is 1. The highest BCUT2D eigenvalue weighted by atomic mass is 32.1. The molecule has 0 unspecified atom stereocenters. The van der Waals surface area contributed by atoms with Crippen molar-refractivity contribution in [3.05, 3.63) is 41.8 Å². The summed E-state index contributed by atoms with van der Waals surface area (Å²) in [4.78, 5) is 15.6. The highest BCUT2D eigenvalue weighted by Crippen LogP contribution is 2.31. The van der Waals surface area contributed by atoms with E-state index in [4.69, 9.17) is 0 Å². The molecule has 2 heterocycles. The van der Waals surface area contributed by atoms with Crippen LogP contribution in [-0.2, 0) is 0 Å². The summed E-state index contributed by atoms with van der Waals surface area (Å²) >= 11 is 1.69. The maximum atomic E-state index is 12.5. The Morgan fingerprint density at radius 1 is 1.00 bits per heavy atom. The molecule has 0 saturated carbocycles. The topological polar surface area (TPSA) is 32.3 Å². The van der Waals surface area contributed by atoms with Crippen LogP contribution in [0.3, 0.4) is 0 Å². The zero-order chi connectivity index (χ0) is 14.5. The van der Waals surface area contributed by atoms with E-state index in [1.807, 2.05) is 29.2 Å². The van der Waals surface area contributed by atoms with E-state index in [0.717, 1.165) is 37.2 Å². The zero-order valence-electron chi connectivity index (χ0n) is 12.0. The van der Waals surface area contributed by atoms with Gasteiger partial charge in [0, 0.05) is 23.5 Å². The summed E-state index contributed by atoms with van der Waals surface area (Å²) in [7, 11) is 0. The predicted octanol–water partition coefficient (Wildman–Crippen LogP) is 4.82. The lowest BCUT2D eigenvalue weighted by molar-refractivity contribution is 0.214. The molecule has 1 fully saturated rings. The van der Waals surface area contributed by atoms with Gasteiger partial charge in [0.05, 0.1) is 5.69 Å². The molecule has 0 atom stereocenters. The molecule has 0 radical (unpaired) electrons. The van der Waals surface area contributed by atoms with Gasteiger partial charge in [-0.05, 0) is 30.4 Å². The molecule has 2 amide bonds. The molecular weight excluding hydrogens is 280 g/mol. The van der Waals surface area contributed by atoms with Crippen molar-refractivity contribution in [3.63, 3.8) is 0 Å². The number of urea groups is 1. The maximum absolute atomic E-state index is 12.5. The fraction of sp³-hybridized carbons (Fsp3) is 0.353. The molecule has 0 spiro atoms. The van der Waals surface area contributed by atoms with Crippen LogP contribution in [0.2, 0.25) is 0 Å². The van der Waals surface area contributed by atoms with Gasteiger partial charge in [-0.2, -0.15) is 0 Å². The normalized spacial score (nSPS) is 15.5. The minimum absolute atomic E-state index is 0.0286. The molecule has 1 N–H and O–H groups in total. The SMILES string of the molecule is O=C(Nc1ccccc1-c1cccs1)N1CCCCCC1. The first-order valence-corrected chi connectivity index (χ1v) is 8.41. The fourth-order valence-electron chi connectivity index (χ4n) is 2.71. The third kappa shape index (κ3) is 3.45.